The van der Waals surface area contributed by atoms with Gasteiger partial charge in [-0.05, 0) is 71.0 Å². The molecule has 4 aromatic rings. The summed E-state index contributed by atoms with van der Waals surface area (Å²) in [5.74, 6) is -2.19. The number of pyridine rings is 1. The molecule has 6 rings (SSSR count). The summed E-state index contributed by atoms with van der Waals surface area (Å²) in [5, 5.41) is 22.9. The quantitative estimate of drug-likeness (QED) is 0.290. The second kappa shape index (κ2) is 12.8. The molecule has 1 fully saturated rings. The Hall–Kier alpha value is -5.21. The fraction of sp³-hybridized carbons (Fsp3) is 0.233. The van der Waals surface area contributed by atoms with Crippen LogP contribution in [0.25, 0.3) is 11.8 Å². The van der Waals surface area contributed by atoms with E-state index in [2.05, 4.69) is 30.7 Å². The van der Waals surface area contributed by atoms with Crippen LogP contribution >= 0.6 is 11.6 Å². The number of aromatic carboxylic acids is 1. The minimum absolute atomic E-state index is 0.0149. The molecule has 2 aromatic heterocycles. The van der Waals surface area contributed by atoms with Gasteiger partial charge in [0.25, 0.3) is 5.91 Å². The summed E-state index contributed by atoms with van der Waals surface area (Å²) in [6.07, 6.45) is 5.77. The van der Waals surface area contributed by atoms with Crippen LogP contribution in [0.5, 0.6) is 0 Å². The Morgan fingerprint density at radius 1 is 1.07 bits per heavy atom. The highest BCUT2D eigenvalue weighted by atomic mass is 35.5. The number of ether oxygens (including phenoxy) is 1. The molecule has 2 aromatic carbocycles. The average Bonchev–Trinajstić information content (AvgIpc) is 3.60. The van der Waals surface area contributed by atoms with E-state index < -0.39 is 29.6 Å². The predicted molar refractivity (Wildman–Crippen MR) is 161 cm³/mol. The number of tetrazole rings is 1. The molecule has 1 unspecified atom stereocenters. The third-order valence-electron chi connectivity index (χ3n) is 7.62. The largest absolute Gasteiger partial charge is 0.478 e. The lowest BCUT2D eigenvalue weighted by Gasteiger charge is -2.38. The minimum atomic E-state index is -1.10. The van der Waals surface area contributed by atoms with Crippen molar-refractivity contribution in [2.24, 2.45) is 0 Å². The van der Waals surface area contributed by atoms with Gasteiger partial charge < -0.3 is 25.0 Å². The molecule has 15 heteroatoms. The van der Waals surface area contributed by atoms with Crippen molar-refractivity contribution in [2.45, 2.75) is 12.5 Å². The summed E-state index contributed by atoms with van der Waals surface area (Å²) < 4.78 is 21.9. The molecule has 0 radical (unpaired) electrons. The standard InChI is InChI=1S/C30H26ClFN8O5/c31-23-6-7-24(40-17-34-36-37-40)22(26(23)32)5-8-25(41)39-12-10-21-20(9-11-33-28(21)38-13-15-45-16-14-38)27(39)29(42)35-19-3-1-18(2-4-19)30(43)44/h1-9,11,17,27H,10,12-16H2,(H,35,42)(H,43,44). The average molecular weight is 633 g/mol. The van der Waals surface area contributed by atoms with Gasteiger partial charge in [0.1, 0.15) is 18.2 Å². The fourth-order valence-electron chi connectivity index (χ4n) is 5.45. The van der Waals surface area contributed by atoms with Gasteiger partial charge in [-0.3, -0.25) is 9.59 Å². The topological polar surface area (TPSA) is 156 Å². The van der Waals surface area contributed by atoms with E-state index in [1.807, 2.05) is 0 Å². The Bertz CT molecular complexity index is 1780. The number of rotatable bonds is 7. The summed E-state index contributed by atoms with van der Waals surface area (Å²) in [5.41, 5.74) is 2.11. The number of halogens is 2. The second-order valence-corrected chi connectivity index (χ2v) is 10.6. The molecule has 2 N–H and O–H groups in total. The van der Waals surface area contributed by atoms with Crippen molar-refractivity contribution in [3.63, 3.8) is 0 Å². The van der Waals surface area contributed by atoms with Crippen molar-refractivity contribution in [1.82, 2.24) is 30.1 Å². The molecule has 45 heavy (non-hydrogen) atoms. The molecule has 13 nitrogen and oxygen atoms in total. The first kappa shape index (κ1) is 29.8. The predicted octanol–water partition coefficient (Wildman–Crippen LogP) is 3.16. The zero-order chi connectivity index (χ0) is 31.5. The number of nitrogens with zero attached hydrogens (tertiary/aromatic N) is 7. The Labute approximate surface area is 260 Å². The van der Waals surface area contributed by atoms with Crippen molar-refractivity contribution in [1.29, 1.82) is 0 Å². The molecule has 0 aliphatic carbocycles. The Morgan fingerprint density at radius 3 is 2.56 bits per heavy atom. The number of carbonyl (C=O) groups excluding carboxylic acids is 2. The number of carboxylic acids is 1. The van der Waals surface area contributed by atoms with Crippen LogP contribution in [-0.2, 0) is 20.7 Å². The Balaban J connectivity index is 1.35. The van der Waals surface area contributed by atoms with E-state index in [0.717, 1.165) is 11.4 Å². The van der Waals surface area contributed by atoms with E-state index in [4.69, 9.17) is 16.3 Å². The van der Waals surface area contributed by atoms with Crippen LogP contribution in [0.4, 0.5) is 15.9 Å². The maximum absolute atomic E-state index is 15.2. The van der Waals surface area contributed by atoms with E-state index in [-0.39, 0.29) is 28.4 Å². The second-order valence-electron chi connectivity index (χ2n) is 10.2. The van der Waals surface area contributed by atoms with Gasteiger partial charge in [0, 0.05) is 48.7 Å². The van der Waals surface area contributed by atoms with E-state index in [1.54, 1.807) is 12.3 Å². The molecule has 2 amide bonds. The number of hydrogen-bond acceptors (Lipinski definition) is 9. The number of aromatic nitrogens is 5. The molecule has 0 saturated carbocycles. The normalized spacial score (nSPS) is 16.4. The Morgan fingerprint density at radius 2 is 1.84 bits per heavy atom. The summed E-state index contributed by atoms with van der Waals surface area (Å²) in [6.45, 7) is 2.54. The lowest BCUT2D eigenvalue weighted by Crippen LogP contribution is -2.46. The van der Waals surface area contributed by atoms with Gasteiger partial charge in [0.2, 0.25) is 5.91 Å². The summed E-state index contributed by atoms with van der Waals surface area (Å²) in [4.78, 5) is 47.1. The highest BCUT2D eigenvalue weighted by molar-refractivity contribution is 6.31. The SMILES string of the molecule is O=C(O)c1ccc(NC(=O)C2c3ccnc(N4CCOCC4)c3CCN2C(=O)C=Cc2c(-n3cnnn3)ccc(Cl)c2F)cc1. The van der Waals surface area contributed by atoms with Gasteiger partial charge in [0.15, 0.2) is 5.82 Å². The molecule has 2 aliphatic rings. The van der Waals surface area contributed by atoms with Crippen molar-refractivity contribution in [3.05, 3.63) is 94.2 Å². The van der Waals surface area contributed by atoms with Crippen molar-refractivity contribution < 1.29 is 28.6 Å². The first-order valence-electron chi connectivity index (χ1n) is 14.0. The van der Waals surface area contributed by atoms with Gasteiger partial charge in [-0.1, -0.05) is 11.6 Å². The zero-order valence-corrected chi connectivity index (χ0v) is 24.4. The number of carboxylic acid groups (broad SMARTS) is 1. The van der Waals surface area contributed by atoms with E-state index in [1.165, 1.54) is 64.5 Å². The number of hydrogen-bond donors (Lipinski definition) is 2. The minimum Gasteiger partial charge on any atom is -0.478 e. The summed E-state index contributed by atoms with van der Waals surface area (Å²) in [7, 11) is 0. The molecular weight excluding hydrogens is 607 g/mol. The highest BCUT2D eigenvalue weighted by Crippen LogP contribution is 2.36. The first-order valence-corrected chi connectivity index (χ1v) is 14.3. The number of nitrogens with one attached hydrogen (secondary N) is 1. The smallest absolute Gasteiger partial charge is 0.335 e. The molecule has 1 atom stereocenters. The summed E-state index contributed by atoms with van der Waals surface area (Å²) >= 11 is 6.05. The summed E-state index contributed by atoms with van der Waals surface area (Å²) in [6, 6.07) is 9.23. The van der Waals surface area contributed by atoms with E-state index in [0.29, 0.717) is 44.0 Å². The van der Waals surface area contributed by atoms with Crippen LogP contribution in [-0.4, -0.2) is 85.8 Å². The molecule has 4 heterocycles. The number of morpholine rings is 1. The fourth-order valence-corrected chi connectivity index (χ4v) is 5.61. The van der Waals surface area contributed by atoms with Gasteiger partial charge in [-0.2, -0.15) is 4.68 Å². The van der Waals surface area contributed by atoms with Gasteiger partial charge in [0.05, 0.1) is 29.5 Å². The molecule has 0 spiro atoms. The molecule has 1 saturated heterocycles. The third kappa shape index (κ3) is 6.10. The van der Waals surface area contributed by atoms with Crippen molar-refractivity contribution >= 4 is 47.0 Å². The Kier molecular flexibility index (Phi) is 8.49. The number of carbonyl (C=O) groups is 3. The maximum Gasteiger partial charge on any atom is 0.335 e. The highest BCUT2D eigenvalue weighted by Gasteiger charge is 2.37. The van der Waals surface area contributed by atoms with Crippen LogP contribution in [0, 0.1) is 5.82 Å². The zero-order valence-electron chi connectivity index (χ0n) is 23.6. The van der Waals surface area contributed by atoms with Crippen molar-refractivity contribution in [3.8, 4) is 5.69 Å². The molecule has 230 valence electrons. The van der Waals surface area contributed by atoms with Gasteiger partial charge in [-0.25, -0.2) is 14.2 Å². The molecule has 2 aliphatic heterocycles. The molecule has 0 bridgehead atoms. The lowest BCUT2D eigenvalue weighted by atomic mass is 9.92. The van der Waals surface area contributed by atoms with Crippen molar-refractivity contribution in [2.75, 3.05) is 43.1 Å². The lowest BCUT2D eigenvalue weighted by molar-refractivity contribution is -0.135. The van der Waals surface area contributed by atoms with E-state index in [9.17, 15) is 19.5 Å². The van der Waals surface area contributed by atoms with Crippen LogP contribution in [0.1, 0.15) is 33.1 Å². The number of amides is 2. The third-order valence-corrected chi connectivity index (χ3v) is 7.91. The van der Waals surface area contributed by atoms with Crippen LogP contribution in [0.2, 0.25) is 5.02 Å². The van der Waals surface area contributed by atoms with E-state index >= 15 is 4.39 Å². The maximum atomic E-state index is 15.2. The van der Waals surface area contributed by atoms with Crippen LogP contribution < -0.4 is 10.2 Å². The monoisotopic (exact) mass is 632 g/mol. The molecular formula is C30H26ClFN8O5. The van der Waals surface area contributed by atoms with Crippen LogP contribution in [0.15, 0.2) is 61.1 Å². The van der Waals surface area contributed by atoms with Gasteiger partial charge in [-0.15, -0.1) is 5.10 Å². The number of anilines is 2. The number of fused-ring (bicyclic) bond motifs is 1. The van der Waals surface area contributed by atoms with Gasteiger partial charge >= 0.3 is 5.97 Å². The first-order chi connectivity index (χ1) is 21.8. The number of benzene rings is 2. The van der Waals surface area contributed by atoms with Crippen LogP contribution in [0.3, 0.4) is 0 Å².